The lowest BCUT2D eigenvalue weighted by molar-refractivity contribution is -0.137. The molecule has 1 aromatic rings. The Bertz CT molecular complexity index is 480. The van der Waals surface area contributed by atoms with Gasteiger partial charge in [-0.2, -0.15) is 0 Å². The number of halogens is 2. The second-order valence-corrected chi connectivity index (χ2v) is 3.98. The summed E-state index contributed by atoms with van der Waals surface area (Å²) in [6, 6.07) is 2.51. The van der Waals surface area contributed by atoms with Crippen LogP contribution in [0.25, 0.3) is 0 Å². The van der Waals surface area contributed by atoms with Crippen LogP contribution in [0, 0.1) is 11.6 Å². The Kier molecular flexibility index (Phi) is 5.23. The highest BCUT2D eigenvalue weighted by Crippen LogP contribution is 2.13. The molecular formula is C12H14F2N2O3. The summed E-state index contributed by atoms with van der Waals surface area (Å²) in [6.45, 7) is 0.252. The number of carbonyl (C=O) groups excluding carboxylic acids is 1. The standard InChI is InChI=1S/C12H14F2N2O3/c1-16(6-2-3-11(17)18)12(19)15-8-4-5-9(13)10(14)7-8/h4-5,7H,2-3,6H2,1H3,(H,15,19)(H,17,18). The molecule has 0 atom stereocenters. The van der Waals surface area contributed by atoms with E-state index >= 15 is 0 Å². The smallest absolute Gasteiger partial charge is 0.321 e. The zero-order valence-corrected chi connectivity index (χ0v) is 10.3. The van der Waals surface area contributed by atoms with Gasteiger partial charge in [-0.25, -0.2) is 13.6 Å². The summed E-state index contributed by atoms with van der Waals surface area (Å²) in [5, 5.41) is 10.8. The van der Waals surface area contributed by atoms with Crippen molar-refractivity contribution in [3.63, 3.8) is 0 Å². The first kappa shape index (κ1) is 14.9. The van der Waals surface area contributed by atoms with Gasteiger partial charge in [-0.05, 0) is 18.6 Å². The molecule has 0 heterocycles. The first-order chi connectivity index (χ1) is 8.90. The molecule has 1 rings (SSSR count). The summed E-state index contributed by atoms with van der Waals surface area (Å²) in [5.74, 6) is -2.98. The van der Waals surface area contributed by atoms with Crippen LogP contribution in [0.4, 0.5) is 19.3 Å². The van der Waals surface area contributed by atoms with E-state index in [1.807, 2.05) is 0 Å². The van der Waals surface area contributed by atoms with Crippen LogP contribution in [0.1, 0.15) is 12.8 Å². The van der Waals surface area contributed by atoms with Gasteiger partial charge in [0.25, 0.3) is 0 Å². The van der Waals surface area contributed by atoms with Crippen LogP contribution in [0.2, 0.25) is 0 Å². The monoisotopic (exact) mass is 272 g/mol. The van der Waals surface area contributed by atoms with Gasteiger partial charge in [-0.15, -0.1) is 0 Å². The van der Waals surface area contributed by atoms with E-state index in [2.05, 4.69) is 5.32 Å². The van der Waals surface area contributed by atoms with Gasteiger partial charge < -0.3 is 15.3 Å². The van der Waals surface area contributed by atoms with Gasteiger partial charge in [0.05, 0.1) is 0 Å². The lowest BCUT2D eigenvalue weighted by Gasteiger charge is -2.17. The molecule has 104 valence electrons. The Morgan fingerprint density at radius 2 is 2.00 bits per heavy atom. The maximum Gasteiger partial charge on any atom is 0.321 e. The van der Waals surface area contributed by atoms with Crippen LogP contribution in [0.3, 0.4) is 0 Å². The maximum atomic E-state index is 12.9. The number of anilines is 1. The van der Waals surface area contributed by atoms with Gasteiger partial charge in [0.2, 0.25) is 0 Å². The topological polar surface area (TPSA) is 69.6 Å². The first-order valence-corrected chi connectivity index (χ1v) is 5.59. The molecule has 0 aliphatic heterocycles. The molecule has 2 N–H and O–H groups in total. The Morgan fingerprint density at radius 3 is 2.58 bits per heavy atom. The van der Waals surface area contributed by atoms with Crippen LogP contribution in [0.15, 0.2) is 18.2 Å². The zero-order valence-electron chi connectivity index (χ0n) is 10.3. The summed E-state index contributed by atoms with van der Waals surface area (Å²) >= 11 is 0. The third kappa shape index (κ3) is 4.90. The number of nitrogens with zero attached hydrogens (tertiary/aromatic N) is 1. The predicted octanol–water partition coefficient (Wildman–Crippen LogP) is 2.29. The van der Waals surface area contributed by atoms with E-state index in [1.165, 1.54) is 18.0 Å². The number of carboxylic acids is 1. The van der Waals surface area contributed by atoms with Crippen molar-refractivity contribution in [2.45, 2.75) is 12.8 Å². The molecule has 0 bridgehead atoms. The minimum absolute atomic E-state index is 0.0389. The number of carbonyl (C=O) groups is 2. The molecule has 0 saturated carbocycles. The number of urea groups is 1. The molecule has 19 heavy (non-hydrogen) atoms. The van der Waals surface area contributed by atoms with Crippen LogP contribution in [-0.4, -0.2) is 35.6 Å². The lowest BCUT2D eigenvalue weighted by atomic mass is 10.3. The molecule has 0 aromatic heterocycles. The molecule has 0 radical (unpaired) electrons. The van der Waals surface area contributed by atoms with Gasteiger partial charge in [-0.1, -0.05) is 0 Å². The second-order valence-electron chi connectivity index (χ2n) is 3.98. The summed E-state index contributed by atoms with van der Waals surface area (Å²) in [5.41, 5.74) is 0.133. The molecule has 7 heteroatoms. The maximum absolute atomic E-state index is 12.9. The van der Waals surface area contributed by atoms with Crippen LogP contribution in [0.5, 0.6) is 0 Å². The zero-order chi connectivity index (χ0) is 14.4. The number of nitrogens with one attached hydrogen (secondary N) is 1. The van der Waals surface area contributed by atoms with Crippen molar-refractivity contribution >= 4 is 17.7 Å². The van der Waals surface area contributed by atoms with Crippen molar-refractivity contribution in [1.82, 2.24) is 4.90 Å². The highest BCUT2D eigenvalue weighted by Gasteiger charge is 2.10. The van der Waals surface area contributed by atoms with Crippen molar-refractivity contribution < 1.29 is 23.5 Å². The number of amides is 2. The van der Waals surface area contributed by atoms with Crippen molar-refractivity contribution in [3.05, 3.63) is 29.8 Å². The Balaban J connectivity index is 2.49. The van der Waals surface area contributed by atoms with Crippen molar-refractivity contribution in [2.75, 3.05) is 18.9 Å². The molecule has 0 spiro atoms. The molecule has 0 aliphatic carbocycles. The van der Waals surface area contributed by atoms with Gasteiger partial charge >= 0.3 is 12.0 Å². The van der Waals surface area contributed by atoms with E-state index in [4.69, 9.17) is 5.11 Å². The van der Waals surface area contributed by atoms with Crippen molar-refractivity contribution in [3.8, 4) is 0 Å². The molecule has 2 amide bonds. The fraction of sp³-hybridized carbons (Fsp3) is 0.333. The number of aliphatic carboxylic acids is 1. The molecule has 0 saturated heterocycles. The number of hydrogen-bond acceptors (Lipinski definition) is 2. The SMILES string of the molecule is CN(CCCC(=O)O)C(=O)Nc1ccc(F)c(F)c1. The van der Waals surface area contributed by atoms with Crippen LogP contribution >= 0.6 is 0 Å². The number of rotatable bonds is 5. The molecule has 5 nitrogen and oxygen atoms in total. The summed E-state index contributed by atoms with van der Waals surface area (Å²) in [6.07, 6.45) is 0.278. The Morgan fingerprint density at radius 1 is 1.32 bits per heavy atom. The van der Waals surface area contributed by atoms with E-state index in [1.54, 1.807) is 0 Å². The molecule has 0 aliphatic rings. The van der Waals surface area contributed by atoms with E-state index in [9.17, 15) is 18.4 Å². The van der Waals surface area contributed by atoms with E-state index in [0.717, 1.165) is 12.1 Å². The van der Waals surface area contributed by atoms with E-state index in [-0.39, 0.29) is 18.7 Å². The number of benzene rings is 1. The Hall–Kier alpha value is -2.18. The fourth-order valence-corrected chi connectivity index (χ4v) is 1.36. The average Bonchev–Trinajstić information content (AvgIpc) is 2.33. The molecular weight excluding hydrogens is 258 g/mol. The highest BCUT2D eigenvalue weighted by molar-refractivity contribution is 5.89. The quantitative estimate of drug-likeness (QED) is 0.864. The first-order valence-electron chi connectivity index (χ1n) is 5.59. The van der Waals surface area contributed by atoms with E-state index < -0.39 is 23.6 Å². The third-order valence-corrected chi connectivity index (χ3v) is 2.40. The molecule has 0 unspecified atom stereocenters. The second kappa shape index (κ2) is 6.67. The predicted molar refractivity (Wildman–Crippen MR) is 64.9 cm³/mol. The molecule has 0 fully saturated rings. The minimum Gasteiger partial charge on any atom is -0.481 e. The summed E-state index contributed by atoms with van der Waals surface area (Å²) in [7, 11) is 1.48. The van der Waals surface area contributed by atoms with Crippen LogP contribution < -0.4 is 5.32 Å². The minimum atomic E-state index is -1.05. The third-order valence-electron chi connectivity index (χ3n) is 2.40. The summed E-state index contributed by atoms with van der Waals surface area (Å²) < 4.78 is 25.6. The van der Waals surface area contributed by atoms with Crippen LogP contribution in [-0.2, 0) is 4.79 Å². The van der Waals surface area contributed by atoms with Gasteiger partial charge in [0.15, 0.2) is 11.6 Å². The Labute approximate surface area is 108 Å². The summed E-state index contributed by atoms with van der Waals surface area (Å²) in [4.78, 5) is 23.2. The van der Waals surface area contributed by atoms with E-state index in [0.29, 0.717) is 6.42 Å². The average molecular weight is 272 g/mol. The van der Waals surface area contributed by atoms with Gasteiger partial charge in [-0.3, -0.25) is 4.79 Å². The largest absolute Gasteiger partial charge is 0.481 e. The van der Waals surface area contributed by atoms with Crippen molar-refractivity contribution in [1.29, 1.82) is 0 Å². The number of carboxylic acid groups (broad SMARTS) is 1. The van der Waals surface area contributed by atoms with Gasteiger partial charge in [0.1, 0.15) is 0 Å². The fourth-order valence-electron chi connectivity index (χ4n) is 1.36. The van der Waals surface area contributed by atoms with Gasteiger partial charge in [0, 0.05) is 31.8 Å². The normalized spacial score (nSPS) is 10.1. The highest BCUT2D eigenvalue weighted by atomic mass is 19.2. The number of hydrogen-bond donors (Lipinski definition) is 2. The van der Waals surface area contributed by atoms with Crippen molar-refractivity contribution in [2.24, 2.45) is 0 Å². The lowest BCUT2D eigenvalue weighted by Crippen LogP contribution is -2.32. The molecule has 1 aromatic carbocycles.